The van der Waals surface area contributed by atoms with E-state index < -0.39 is 0 Å². The van der Waals surface area contributed by atoms with Gasteiger partial charge in [0.05, 0.1) is 11.7 Å². The van der Waals surface area contributed by atoms with Gasteiger partial charge in [0.15, 0.2) is 0 Å². The predicted octanol–water partition coefficient (Wildman–Crippen LogP) is 6.51. The minimum atomic E-state index is -0.352. The van der Waals surface area contributed by atoms with Crippen LogP contribution in [0.2, 0.25) is 0 Å². The van der Waals surface area contributed by atoms with Crippen molar-refractivity contribution in [3.05, 3.63) is 113 Å². The molecule has 47 heavy (non-hydrogen) atoms. The number of likely N-dealkylation sites (tertiary alicyclic amines) is 1. The van der Waals surface area contributed by atoms with Gasteiger partial charge in [-0.2, -0.15) is 0 Å². The van der Waals surface area contributed by atoms with Crippen molar-refractivity contribution in [2.24, 2.45) is 5.73 Å². The molecule has 0 atom stereocenters. The number of benzene rings is 1. The summed E-state index contributed by atoms with van der Waals surface area (Å²) in [5, 5.41) is 4.46. The first-order valence-electron chi connectivity index (χ1n) is 16.4. The Morgan fingerprint density at radius 3 is 2.66 bits per heavy atom. The molecule has 1 aromatic carbocycles. The number of aromatic amines is 1. The lowest BCUT2D eigenvalue weighted by molar-refractivity contribution is 0.220. The zero-order valence-electron chi connectivity index (χ0n) is 27.5. The molecule has 1 saturated heterocycles. The van der Waals surface area contributed by atoms with Crippen molar-refractivity contribution in [3.8, 4) is 16.9 Å². The van der Waals surface area contributed by atoms with Crippen LogP contribution in [0.25, 0.3) is 33.2 Å². The Balaban J connectivity index is 1.33. The van der Waals surface area contributed by atoms with Gasteiger partial charge in [-0.1, -0.05) is 18.6 Å². The Kier molecular flexibility index (Phi) is 10.1. The first-order chi connectivity index (χ1) is 22.9. The number of hydrogen-bond acceptors (Lipinski definition) is 7. The van der Waals surface area contributed by atoms with Crippen molar-refractivity contribution in [3.63, 3.8) is 0 Å². The molecular formula is C38H44FN7O. The number of aromatic nitrogens is 3. The van der Waals surface area contributed by atoms with E-state index in [1.165, 1.54) is 37.0 Å². The van der Waals surface area contributed by atoms with E-state index in [9.17, 15) is 4.39 Å². The highest BCUT2D eigenvalue weighted by Gasteiger charge is 2.21. The van der Waals surface area contributed by atoms with Crippen LogP contribution in [0.5, 0.6) is 5.75 Å². The van der Waals surface area contributed by atoms with Gasteiger partial charge < -0.3 is 25.7 Å². The van der Waals surface area contributed by atoms with Gasteiger partial charge >= 0.3 is 0 Å². The molecule has 0 unspecified atom stereocenters. The number of nitrogens with one attached hydrogen (secondary N) is 2. The van der Waals surface area contributed by atoms with Gasteiger partial charge in [-0.15, -0.1) is 0 Å². The molecule has 3 aromatic heterocycles. The van der Waals surface area contributed by atoms with E-state index >= 15 is 0 Å². The van der Waals surface area contributed by atoms with Gasteiger partial charge in [-0.05, 0) is 94.0 Å². The number of halogens is 1. The third-order valence-corrected chi connectivity index (χ3v) is 8.76. The largest absolute Gasteiger partial charge is 0.492 e. The molecule has 2 aliphatic rings. The predicted molar refractivity (Wildman–Crippen MR) is 189 cm³/mol. The van der Waals surface area contributed by atoms with E-state index in [-0.39, 0.29) is 5.82 Å². The topological polar surface area (TPSA) is 95.3 Å². The molecule has 9 heteroatoms. The van der Waals surface area contributed by atoms with Crippen molar-refractivity contribution in [1.82, 2.24) is 30.1 Å². The number of ether oxygens (including phenoxy) is 1. The third kappa shape index (κ3) is 7.64. The Hall–Kier alpha value is -4.73. The molecule has 5 heterocycles. The summed E-state index contributed by atoms with van der Waals surface area (Å²) in [6, 6.07) is 9.15. The highest BCUT2D eigenvalue weighted by molar-refractivity contribution is 5.99. The van der Waals surface area contributed by atoms with Crippen LogP contribution in [0.3, 0.4) is 0 Å². The van der Waals surface area contributed by atoms with Crippen molar-refractivity contribution in [2.45, 2.75) is 32.7 Å². The normalized spacial score (nSPS) is 17.8. The van der Waals surface area contributed by atoms with E-state index in [0.717, 1.165) is 76.3 Å². The van der Waals surface area contributed by atoms with Crippen molar-refractivity contribution >= 4 is 22.0 Å². The quantitative estimate of drug-likeness (QED) is 0.183. The lowest BCUT2D eigenvalue weighted by atomic mass is 9.92. The average Bonchev–Trinajstić information content (AvgIpc) is 3.52. The van der Waals surface area contributed by atoms with E-state index in [1.54, 1.807) is 12.4 Å². The van der Waals surface area contributed by atoms with Gasteiger partial charge in [0.2, 0.25) is 0 Å². The number of rotatable bonds is 10. The third-order valence-electron chi connectivity index (χ3n) is 8.76. The lowest BCUT2D eigenvalue weighted by Crippen LogP contribution is -2.29. The fraction of sp³-hybridized carbons (Fsp3) is 0.316. The standard InChI is InChI=1S/C38H44FN7O/c1-4-36-33(17-28(20-40)29-14-26(21-41-22-29)25-46-10-6-5-7-11-46)32(8-9-43-36)37-19-34-35(23-42-24-38(34)44-37)27-15-30(39)18-31(16-27)47-13-12-45(2)3/h4,8,14-24,43-44H,5-7,9-13,25,40H2,1-3H3/b28-20+,33-17-,36-4-. The van der Waals surface area contributed by atoms with E-state index in [1.807, 2.05) is 50.6 Å². The zero-order valence-corrected chi connectivity index (χ0v) is 27.5. The Bertz CT molecular complexity index is 1850. The number of pyridine rings is 2. The molecular weight excluding hydrogens is 589 g/mol. The second-order valence-electron chi connectivity index (χ2n) is 12.5. The minimum absolute atomic E-state index is 0.352. The van der Waals surface area contributed by atoms with Crippen LogP contribution in [0.15, 0.2) is 90.8 Å². The van der Waals surface area contributed by atoms with Crippen LogP contribution in [0.4, 0.5) is 4.39 Å². The number of hydrogen-bond donors (Lipinski definition) is 3. The summed E-state index contributed by atoms with van der Waals surface area (Å²) in [6.45, 7) is 7.06. The maximum atomic E-state index is 14.8. The van der Waals surface area contributed by atoms with Crippen LogP contribution in [-0.4, -0.2) is 71.6 Å². The molecule has 0 bridgehead atoms. The molecule has 0 aliphatic carbocycles. The summed E-state index contributed by atoms with van der Waals surface area (Å²) in [5.41, 5.74) is 15.7. The van der Waals surface area contributed by atoms with Crippen LogP contribution >= 0.6 is 0 Å². The molecule has 6 rings (SSSR count). The molecule has 8 nitrogen and oxygen atoms in total. The van der Waals surface area contributed by atoms with Crippen molar-refractivity contribution in [1.29, 1.82) is 0 Å². The molecule has 0 saturated carbocycles. The average molecular weight is 634 g/mol. The van der Waals surface area contributed by atoms with E-state index in [2.05, 4.69) is 55.5 Å². The smallest absolute Gasteiger partial charge is 0.127 e. The summed E-state index contributed by atoms with van der Waals surface area (Å²) in [5.74, 6) is 0.143. The second-order valence-corrected chi connectivity index (χ2v) is 12.5. The first kappa shape index (κ1) is 32.2. The molecule has 4 N–H and O–H groups in total. The summed E-state index contributed by atoms with van der Waals surface area (Å²) < 4.78 is 20.7. The summed E-state index contributed by atoms with van der Waals surface area (Å²) in [4.78, 5) is 17.2. The first-order valence-corrected chi connectivity index (χ1v) is 16.4. The van der Waals surface area contributed by atoms with Gasteiger partial charge in [0.25, 0.3) is 0 Å². The summed E-state index contributed by atoms with van der Waals surface area (Å²) in [6.07, 6.45) is 19.3. The second kappa shape index (κ2) is 14.8. The van der Waals surface area contributed by atoms with Crippen LogP contribution in [0.1, 0.15) is 43.0 Å². The summed E-state index contributed by atoms with van der Waals surface area (Å²) >= 11 is 0. The van der Waals surface area contributed by atoms with Crippen LogP contribution in [0, 0.1) is 5.82 Å². The lowest BCUT2D eigenvalue weighted by Gasteiger charge is -2.26. The SMILES string of the molecule is C\C=C1/NCC=C(c2cc3c(-c4cc(F)cc(OCCN(C)C)c4)cncc3[nH]2)/C1=C/C(=C\N)c1cncc(CN2CCCCC2)c1. The summed E-state index contributed by atoms with van der Waals surface area (Å²) in [7, 11) is 3.96. The highest BCUT2D eigenvalue weighted by Crippen LogP contribution is 2.37. The molecule has 0 spiro atoms. The van der Waals surface area contributed by atoms with Crippen LogP contribution in [-0.2, 0) is 6.54 Å². The molecule has 0 amide bonds. The van der Waals surface area contributed by atoms with Gasteiger partial charge in [-0.3, -0.25) is 14.9 Å². The number of piperidine rings is 1. The van der Waals surface area contributed by atoms with Gasteiger partial charge in [0.1, 0.15) is 18.2 Å². The number of H-pyrrole nitrogens is 1. The fourth-order valence-corrected chi connectivity index (χ4v) is 6.35. The number of nitrogens with zero attached hydrogens (tertiary/aromatic N) is 4. The molecule has 1 fully saturated rings. The number of nitrogens with two attached hydrogens (primary N) is 1. The van der Waals surface area contributed by atoms with Crippen molar-refractivity contribution < 1.29 is 9.13 Å². The van der Waals surface area contributed by atoms with E-state index in [4.69, 9.17) is 10.5 Å². The number of likely N-dealkylation sites (N-methyl/N-ethyl adjacent to an activating group) is 1. The molecule has 244 valence electrons. The maximum absolute atomic E-state index is 14.8. The fourth-order valence-electron chi connectivity index (χ4n) is 6.35. The Morgan fingerprint density at radius 2 is 1.87 bits per heavy atom. The maximum Gasteiger partial charge on any atom is 0.127 e. The minimum Gasteiger partial charge on any atom is -0.492 e. The molecule has 4 aromatic rings. The van der Waals surface area contributed by atoms with Gasteiger partial charge in [-0.25, -0.2) is 4.39 Å². The Morgan fingerprint density at radius 1 is 1.04 bits per heavy atom. The zero-order chi connectivity index (χ0) is 32.8. The van der Waals surface area contributed by atoms with Crippen molar-refractivity contribution in [2.75, 3.05) is 46.9 Å². The van der Waals surface area contributed by atoms with E-state index in [0.29, 0.717) is 24.5 Å². The molecule has 2 aliphatic heterocycles. The monoisotopic (exact) mass is 633 g/mol. The van der Waals surface area contributed by atoms with Crippen LogP contribution < -0.4 is 15.8 Å². The molecule has 0 radical (unpaired) electrons. The highest BCUT2D eigenvalue weighted by atomic mass is 19.1. The number of fused-ring (bicyclic) bond motifs is 1. The number of allylic oxidation sites excluding steroid dienone is 4. The van der Waals surface area contributed by atoms with Gasteiger partial charge in [0, 0.05) is 89.5 Å². The Labute approximate surface area is 276 Å².